The monoisotopic (exact) mass is 491 g/mol. The van der Waals surface area contributed by atoms with Gasteiger partial charge in [0.25, 0.3) is 6.02 Å². The van der Waals surface area contributed by atoms with Gasteiger partial charge >= 0.3 is 12.0 Å². The Balaban J connectivity index is 1.49. The van der Waals surface area contributed by atoms with Crippen molar-refractivity contribution in [3.8, 4) is 6.07 Å². The summed E-state index contributed by atoms with van der Waals surface area (Å²) in [6.45, 7) is 5.27. The Hall–Kier alpha value is -3.33. The van der Waals surface area contributed by atoms with Crippen molar-refractivity contribution >= 4 is 45.3 Å². The summed E-state index contributed by atoms with van der Waals surface area (Å²) in [5.41, 5.74) is -1.35. The molecule has 1 aliphatic carbocycles. The summed E-state index contributed by atoms with van der Waals surface area (Å²) in [4.78, 5) is 33.1. The third-order valence-electron chi connectivity index (χ3n) is 5.72. The van der Waals surface area contributed by atoms with Crippen molar-refractivity contribution in [2.75, 3.05) is 11.9 Å². The summed E-state index contributed by atoms with van der Waals surface area (Å²) in [5.74, 6) is -5.23. The molecule has 2 N–H and O–H groups in total. The second kappa shape index (κ2) is 8.16. The van der Waals surface area contributed by atoms with Crippen LogP contribution in [0.2, 0.25) is 0 Å². The van der Waals surface area contributed by atoms with Crippen LogP contribution in [0.25, 0.3) is 10.2 Å². The molecule has 180 valence electrons. The Labute approximate surface area is 198 Å². The van der Waals surface area contributed by atoms with E-state index in [4.69, 9.17) is 14.7 Å². The first-order valence-corrected chi connectivity index (χ1v) is 11.4. The molecule has 1 fully saturated rings. The van der Waals surface area contributed by atoms with Gasteiger partial charge in [-0.15, -0.1) is 11.3 Å². The zero-order valence-electron chi connectivity index (χ0n) is 18.9. The molecule has 1 saturated carbocycles. The lowest BCUT2D eigenvalue weighted by Crippen LogP contribution is -2.56. The molecule has 0 aromatic carbocycles. The molecule has 0 spiro atoms. The molecule has 3 atom stereocenters. The van der Waals surface area contributed by atoms with E-state index in [1.165, 1.54) is 24.5 Å². The Morgan fingerprint density at radius 3 is 2.76 bits per heavy atom. The number of thiophene rings is 1. The second-order valence-corrected chi connectivity index (χ2v) is 10.4. The molecular formula is C22H23F2N5O4S. The number of alkyl halides is 2. The number of aromatic nitrogens is 1. The van der Waals surface area contributed by atoms with Crippen LogP contribution in [0.3, 0.4) is 0 Å². The minimum Gasteiger partial charge on any atom is -0.458 e. The number of hydrogen-bond donors (Lipinski definition) is 2. The fourth-order valence-electron chi connectivity index (χ4n) is 3.84. The predicted octanol–water partition coefficient (Wildman–Crippen LogP) is 4.05. The van der Waals surface area contributed by atoms with Crippen molar-refractivity contribution in [1.82, 2.24) is 10.3 Å². The highest BCUT2D eigenvalue weighted by molar-refractivity contribution is 7.17. The molecule has 9 nitrogen and oxygen atoms in total. The van der Waals surface area contributed by atoms with E-state index in [0.29, 0.717) is 16.8 Å². The smallest absolute Gasteiger partial charge is 0.415 e. The van der Waals surface area contributed by atoms with E-state index in [9.17, 15) is 18.4 Å². The van der Waals surface area contributed by atoms with Gasteiger partial charge in [0.05, 0.1) is 16.0 Å². The molecular weight excluding hydrogens is 468 g/mol. The van der Waals surface area contributed by atoms with Crippen molar-refractivity contribution in [1.29, 1.82) is 5.26 Å². The van der Waals surface area contributed by atoms with Crippen molar-refractivity contribution in [2.24, 2.45) is 16.8 Å². The largest absolute Gasteiger partial charge is 0.458 e. The average molecular weight is 492 g/mol. The molecule has 2 amide bonds. The molecule has 34 heavy (non-hydrogen) atoms. The van der Waals surface area contributed by atoms with Crippen molar-refractivity contribution < 1.29 is 27.8 Å². The van der Waals surface area contributed by atoms with Crippen LogP contribution in [0.15, 0.2) is 22.6 Å². The van der Waals surface area contributed by atoms with Crippen LogP contribution in [0, 0.1) is 23.2 Å². The number of halogens is 2. The van der Waals surface area contributed by atoms with Gasteiger partial charge < -0.3 is 14.8 Å². The molecule has 0 unspecified atom stereocenters. The number of carbonyl (C=O) groups is 2. The van der Waals surface area contributed by atoms with Gasteiger partial charge in [-0.25, -0.2) is 23.9 Å². The number of nitrogens with one attached hydrogen (secondary N) is 2. The van der Waals surface area contributed by atoms with Crippen molar-refractivity contribution in [3.05, 3.63) is 23.2 Å². The number of amidine groups is 1. The zero-order valence-corrected chi connectivity index (χ0v) is 19.8. The van der Waals surface area contributed by atoms with E-state index in [1.54, 1.807) is 32.2 Å². The topological polar surface area (TPSA) is 126 Å². The first-order valence-electron chi connectivity index (χ1n) is 10.5. The van der Waals surface area contributed by atoms with E-state index in [2.05, 4.69) is 20.6 Å². The highest BCUT2D eigenvalue weighted by Crippen LogP contribution is 2.55. The molecule has 3 heterocycles. The van der Waals surface area contributed by atoms with Crippen LogP contribution in [0.5, 0.6) is 0 Å². The minimum atomic E-state index is -3.35. The van der Waals surface area contributed by atoms with Gasteiger partial charge in [-0.05, 0) is 40.2 Å². The summed E-state index contributed by atoms with van der Waals surface area (Å²) in [7, 11) is 0. The average Bonchev–Trinajstić information content (AvgIpc) is 3.46. The zero-order chi connectivity index (χ0) is 24.9. The van der Waals surface area contributed by atoms with Gasteiger partial charge in [0.15, 0.2) is 6.61 Å². The minimum absolute atomic E-state index is 0.204. The molecule has 2 aliphatic rings. The number of rotatable bonds is 3. The lowest BCUT2D eigenvalue weighted by Gasteiger charge is -2.38. The van der Waals surface area contributed by atoms with Gasteiger partial charge in [-0.1, -0.05) is 0 Å². The van der Waals surface area contributed by atoms with Gasteiger partial charge in [0.1, 0.15) is 22.7 Å². The Morgan fingerprint density at radius 2 is 2.09 bits per heavy atom. The highest BCUT2D eigenvalue weighted by atomic mass is 32.1. The third-order valence-corrected chi connectivity index (χ3v) is 6.64. The second-order valence-electron chi connectivity index (χ2n) is 9.45. The summed E-state index contributed by atoms with van der Waals surface area (Å²) < 4.78 is 40.6. The van der Waals surface area contributed by atoms with Crippen molar-refractivity contribution in [2.45, 2.75) is 51.2 Å². The molecule has 0 radical (unpaired) electrons. The number of nitriles is 1. The van der Waals surface area contributed by atoms with Gasteiger partial charge in [-0.2, -0.15) is 5.26 Å². The van der Waals surface area contributed by atoms with Crippen LogP contribution >= 0.6 is 11.3 Å². The van der Waals surface area contributed by atoms with E-state index < -0.39 is 47.5 Å². The Kier molecular flexibility index (Phi) is 5.72. The Morgan fingerprint density at radius 1 is 1.35 bits per heavy atom. The fourth-order valence-corrected chi connectivity index (χ4v) is 4.72. The third kappa shape index (κ3) is 4.52. The summed E-state index contributed by atoms with van der Waals surface area (Å²) in [6.07, 6.45) is 0.734. The van der Waals surface area contributed by atoms with E-state index in [0.717, 1.165) is 4.70 Å². The molecule has 12 heteroatoms. The first-order chi connectivity index (χ1) is 15.8. The van der Waals surface area contributed by atoms with E-state index in [1.807, 2.05) is 6.07 Å². The molecule has 2 aromatic heterocycles. The van der Waals surface area contributed by atoms with Gasteiger partial charge in [0, 0.05) is 23.4 Å². The highest BCUT2D eigenvalue weighted by Gasteiger charge is 2.66. The number of ether oxygens (including phenoxy) is 2. The summed E-state index contributed by atoms with van der Waals surface area (Å²) in [6, 6.07) is 3.31. The normalized spacial score (nSPS) is 25.5. The van der Waals surface area contributed by atoms with Crippen LogP contribution in [0.4, 0.5) is 19.3 Å². The van der Waals surface area contributed by atoms with Crippen LogP contribution in [-0.4, -0.2) is 46.7 Å². The van der Waals surface area contributed by atoms with E-state index >= 15 is 0 Å². The first kappa shape index (κ1) is 23.8. The lowest BCUT2D eigenvalue weighted by molar-refractivity contribution is -0.127. The van der Waals surface area contributed by atoms with Crippen LogP contribution in [0.1, 0.15) is 39.7 Å². The number of aliphatic imine (C=N–C) groups is 1. The molecule has 1 aliphatic heterocycles. The summed E-state index contributed by atoms with van der Waals surface area (Å²) >= 11 is 1.32. The van der Waals surface area contributed by atoms with Crippen LogP contribution < -0.4 is 10.6 Å². The number of fused-ring (bicyclic) bond motifs is 1. The summed E-state index contributed by atoms with van der Waals surface area (Å²) in [5, 5.41) is 15.7. The number of amides is 2. The van der Waals surface area contributed by atoms with Gasteiger partial charge in [-0.3, -0.25) is 9.78 Å². The number of pyridine rings is 1. The standard InChI is InChI=1S/C22H23F2N5O4S/c1-20(2,3)33-19(31)28-18-29-21(4,22(23,24)10-32-18)13-6-12(13)17(30)27-14-9-34-15-5-11(7-25)8-26-16(14)15/h5,8-9,12-13H,6,10H2,1-4H3,(H,27,30)(H,28,29,31)/t12-,13-,21-/m1/s1. The maximum absolute atomic E-state index is 14.9. The molecule has 0 saturated heterocycles. The maximum Gasteiger partial charge on any atom is 0.415 e. The lowest BCUT2D eigenvalue weighted by atomic mass is 9.87. The van der Waals surface area contributed by atoms with Crippen molar-refractivity contribution in [3.63, 3.8) is 0 Å². The number of nitrogens with zero attached hydrogens (tertiary/aromatic N) is 3. The van der Waals surface area contributed by atoms with E-state index in [-0.39, 0.29) is 12.4 Å². The van der Waals surface area contributed by atoms with Gasteiger partial charge in [0.2, 0.25) is 5.91 Å². The quantitative estimate of drug-likeness (QED) is 0.667. The molecule has 4 rings (SSSR count). The Bertz CT molecular complexity index is 1230. The fraction of sp³-hybridized carbons (Fsp3) is 0.500. The number of anilines is 1. The number of carbonyl (C=O) groups excluding carboxylic acids is 2. The predicted molar refractivity (Wildman–Crippen MR) is 121 cm³/mol. The SMILES string of the molecule is CC(C)(C)OC(=O)NC1=N[C@](C)([C@@H]2C[C@H]2C(=O)Nc2csc3cc(C#N)cnc23)C(F)(F)CO1. The number of hydrogen-bond acceptors (Lipinski definition) is 8. The maximum atomic E-state index is 14.9. The molecule has 2 aromatic rings. The van der Waals surface area contributed by atoms with Crippen LogP contribution in [-0.2, 0) is 14.3 Å². The molecule has 0 bridgehead atoms. The number of alkyl carbamates (subject to hydrolysis) is 1.